The summed E-state index contributed by atoms with van der Waals surface area (Å²) in [5.74, 6) is 2.67. The second-order valence-electron chi connectivity index (χ2n) is 8.69. The Morgan fingerprint density at radius 1 is 1.03 bits per heavy atom. The lowest BCUT2D eigenvalue weighted by Gasteiger charge is -2.36. The molecule has 4 rings (SSSR count). The Labute approximate surface area is 189 Å². The van der Waals surface area contributed by atoms with Crippen LogP contribution in [0, 0.1) is 17.8 Å². The average Bonchev–Trinajstić information content (AvgIpc) is 3.28. The third-order valence-corrected chi connectivity index (χ3v) is 6.77. The molecule has 2 aliphatic heterocycles. The summed E-state index contributed by atoms with van der Waals surface area (Å²) in [6.45, 7) is 5.20. The second kappa shape index (κ2) is 10.0. The van der Waals surface area contributed by atoms with Crippen molar-refractivity contribution >= 4 is 11.8 Å². The number of hydrogen-bond donors (Lipinski definition) is 0. The first-order valence-corrected chi connectivity index (χ1v) is 11.3. The maximum atomic E-state index is 12.9. The molecule has 0 unspecified atom stereocenters. The molecule has 7 heteroatoms. The third-order valence-electron chi connectivity index (χ3n) is 6.77. The standard InChI is InChI=1S/C25H31N3O4/c1-18(29)28-15-21(17-32-22-6-4-3-5-7-22)23(16-28)19-10-12-27(13-11-19)25(30)20-8-9-24(31-2)26-14-20/h3-9,14,19,21,23H,10-13,15-17H2,1-2H3/t21-,23-/m0/s1. The van der Waals surface area contributed by atoms with E-state index >= 15 is 0 Å². The highest BCUT2D eigenvalue weighted by atomic mass is 16.5. The van der Waals surface area contributed by atoms with Gasteiger partial charge in [0.15, 0.2) is 0 Å². The molecule has 1 aromatic heterocycles. The molecule has 0 saturated carbocycles. The SMILES string of the molecule is COc1ccc(C(=O)N2CCC([C@@H]3CN(C(C)=O)C[C@H]3COc3ccccc3)CC2)cn1. The van der Waals surface area contributed by atoms with E-state index in [0.717, 1.165) is 44.8 Å². The minimum Gasteiger partial charge on any atom is -0.493 e. The molecular weight excluding hydrogens is 406 g/mol. The van der Waals surface area contributed by atoms with Crippen molar-refractivity contribution in [2.24, 2.45) is 17.8 Å². The Morgan fingerprint density at radius 3 is 2.41 bits per heavy atom. The molecule has 0 aliphatic carbocycles. The van der Waals surface area contributed by atoms with Gasteiger partial charge in [0, 0.05) is 51.3 Å². The number of ether oxygens (including phenoxy) is 2. The fourth-order valence-corrected chi connectivity index (χ4v) is 4.92. The molecule has 3 heterocycles. The molecule has 32 heavy (non-hydrogen) atoms. The number of hydrogen-bond acceptors (Lipinski definition) is 5. The van der Waals surface area contributed by atoms with Crippen LogP contribution in [-0.2, 0) is 4.79 Å². The monoisotopic (exact) mass is 437 g/mol. The van der Waals surface area contributed by atoms with E-state index in [1.165, 1.54) is 0 Å². The van der Waals surface area contributed by atoms with Crippen molar-refractivity contribution in [2.75, 3.05) is 39.9 Å². The van der Waals surface area contributed by atoms with Gasteiger partial charge in [0.2, 0.25) is 11.8 Å². The lowest BCUT2D eigenvalue weighted by molar-refractivity contribution is -0.128. The van der Waals surface area contributed by atoms with Crippen molar-refractivity contribution in [3.05, 3.63) is 54.2 Å². The van der Waals surface area contributed by atoms with Gasteiger partial charge in [-0.2, -0.15) is 0 Å². The Balaban J connectivity index is 1.36. The van der Waals surface area contributed by atoms with E-state index in [-0.39, 0.29) is 11.8 Å². The topological polar surface area (TPSA) is 72.0 Å². The summed E-state index contributed by atoms with van der Waals surface area (Å²) in [5, 5.41) is 0. The van der Waals surface area contributed by atoms with Gasteiger partial charge in [0.1, 0.15) is 5.75 Å². The summed E-state index contributed by atoms with van der Waals surface area (Å²) in [6.07, 6.45) is 3.45. The lowest BCUT2D eigenvalue weighted by Crippen LogP contribution is -2.41. The van der Waals surface area contributed by atoms with E-state index < -0.39 is 0 Å². The van der Waals surface area contributed by atoms with Crippen LogP contribution in [0.5, 0.6) is 11.6 Å². The van der Waals surface area contributed by atoms with Gasteiger partial charge in [-0.15, -0.1) is 0 Å². The molecule has 2 aliphatic rings. The first-order chi connectivity index (χ1) is 15.5. The number of nitrogens with zero attached hydrogens (tertiary/aromatic N) is 3. The van der Waals surface area contributed by atoms with Crippen LogP contribution < -0.4 is 9.47 Å². The predicted molar refractivity (Wildman–Crippen MR) is 121 cm³/mol. The predicted octanol–water partition coefficient (Wildman–Crippen LogP) is 3.12. The smallest absolute Gasteiger partial charge is 0.255 e. The summed E-state index contributed by atoms with van der Waals surface area (Å²) >= 11 is 0. The van der Waals surface area contributed by atoms with Gasteiger partial charge in [0.25, 0.3) is 5.91 Å². The summed E-state index contributed by atoms with van der Waals surface area (Å²) in [7, 11) is 1.56. The zero-order chi connectivity index (χ0) is 22.5. The van der Waals surface area contributed by atoms with E-state index in [9.17, 15) is 9.59 Å². The molecule has 2 aromatic rings. The quantitative estimate of drug-likeness (QED) is 0.694. The number of para-hydroxylation sites is 1. The number of carbonyl (C=O) groups is 2. The zero-order valence-corrected chi connectivity index (χ0v) is 18.8. The Bertz CT molecular complexity index is 911. The number of pyridine rings is 1. The minimum atomic E-state index is 0.0133. The van der Waals surface area contributed by atoms with E-state index in [2.05, 4.69) is 4.98 Å². The average molecular weight is 438 g/mol. The number of rotatable bonds is 6. The highest BCUT2D eigenvalue weighted by Gasteiger charge is 2.40. The molecule has 2 amide bonds. The van der Waals surface area contributed by atoms with E-state index in [1.54, 1.807) is 32.4 Å². The van der Waals surface area contributed by atoms with Crippen LogP contribution >= 0.6 is 0 Å². The van der Waals surface area contributed by atoms with Gasteiger partial charge in [0.05, 0.1) is 19.3 Å². The fraction of sp³-hybridized carbons (Fsp3) is 0.480. The molecule has 1 aromatic carbocycles. The molecule has 0 bridgehead atoms. The van der Waals surface area contributed by atoms with Crippen molar-refractivity contribution in [1.82, 2.24) is 14.8 Å². The van der Waals surface area contributed by atoms with Crippen molar-refractivity contribution in [3.8, 4) is 11.6 Å². The molecule has 2 fully saturated rings. The minimum absolute atomic E-state index is 0.0133. The fourth-order valence-electron chi connectivity index (χ4n) is 4.92. The molecule has 0 spiro atoms. The first kappa shape index (κ1) is 22.1. The van der Waals surface area contributed by atoms with Crippen LogP contribution in [0.15, 0.2) is 48.7 Å². The van der Waals surface area contributed by atoms with Crippen LogP contribution in [0.3, 0.4) is 0 Å². The maximum absolute atomic E-state index is 12.9. The summed E-state index contributed by atoms with van der Waals surface area (Å²) < 4.78 is 11.1. The Morgan fingerprint density at radius 2 is 1.78 bits per heavy atom. The Hall–Kier alpha value is -3.09. The van der Waals surface area contributed by atoms with Gasteiger partial charge in [-0.3, -0.25) is 9.59 Å². The number of carbonyl (C=O) groups excluding carboxylic acids is 2. The van der Waals surface area contributed by atoms with Crippen LogP contribution in [0.25, 0.3) is 0 Å². The van der Waals surface area contributed by atoms with Crippen LogP contribution in [0.4, 0.5) is 0 Å². The summed E-state index contributed by atoms with van der Waals surface area (Å²) in [5.41, 5.74) is 0.585. The number of methoxy groups -OCH3 is 1. The maximum Gasteiger partial charge on any atom is 0.255 e. The number of piperidine rings is 1. The highest BCUT2D eigenvalue weighted by molar-refractivity contribution is 5.94. The van der Waals surface area contributed by atoms with Crippen LogP contribution in [0.1, 0.15) is 30.1 Å². The van der Waals surface area contributed by atoms with Crippen LogP contribution in [-0.4, -0.2) is 66.5 Å². The van der Waals surface area contributed by atoms with Gasteiger partial charge in [-0.05, 0) is 42.9 Å². The third kappa shape index (κ3) is 5.03. The number of likely N-dealkylation sites (tertiary alicyclic amines) is 2. The van der Waals surface area contributed by atoms with Crippen molar-refractivity contribution in [1.29, 1.82) is 0 Å². The summed E-state index contributed by atoms with van der Waals surface area (Å²) in [4.78, 5) is 32.9. The van der Waals surface area contributed by atoms with E-state index in [0.29, 0.717) is 35.8 Å². The molecular formula is C25H31N3O4. The van der Waals surface area contributed by atoms with E-state index in [1.807, 2.05) is 40.1 Å². The van der Waals surface area contributed by atoms with E-state index in [4.69, 9.17) is 9.47 Å². The molecule has 0 radical (unpaired) electrons. The zero-order valence-electron chi connectivity index (χ0n) is 18.8. The molecule has 2 atom stereocenters. The highest BCUT2D eigenvalue weighted by Crippen LogP contribution is 2.36. The van der Waals surface area contributed by atoms with Gasteiger partial charge in [-0.25, -0.2) is 4.98 Å². The normalized spacial score (nSPS) is 21.4. The van der Waals surface area contributed by atoms with Crippen molar-refractivity contribution in [2.45, 2.75) is 19.8 Å². The number of benzene rings is 1. The second-order valence-corrected chi connectivity index (χ2v) is 8.69. The van der Waals surface area contributed by atoms with Crippen LogP contribution in [0.2, 0.25) is 0 Å². The van der Waals surface area contributed by atoms with Crippen molar-refractivity contribution < 1.29 is 19.1 Å². The van der Waals surface area contributed by atoms with Gasteiger partial charge in [-0.1, -0.05) is 18.2 Å². The van der Waals surface area contributed by atoms with Gasteiger partial charge < -0.3 is 19.3 Å². The molecule has 170 valence electrons. The molecule has 2 saturated heterocycles. The number of amides is 2. The number of aromatic nitrogens is 1. The molecule has 7 nitrogen and oxygen atoms in total. The van der Waals surface area contributed by atoms with Gasteiger partial charge >= 0.3 is 0 Å². The largest absolute Gasteiger partial charge is 0.493 e. The summed E-state index contributed by atoms with van der Waals surface area (Å²) in [6, 6.07) is 13.3. The first-order valence-electron chi connectivity index (χ1n) is 11.3. The Kier molecular flexibility index (Phi) is 6.93. The van der Waals surface area contributed by atoms with Crippen molar-refractivity contribution in [3.63, 3.8) is 0 Å². The lowest BCUT2D eigenvalue weighted by atomic mass is 9.78. The molecule has 0 N–H and O–H groups in total.